The maximum atomic E-state index is 12.5. The Morgan fingerprint density at radius 1 is 1.03 bits per heavy atom. The first-order chi connectivity index (χ1) is 15.9. The SMILES string of the molecule is COc1ccc2cc(CN(C)C(=O)CNC(=O)c3ccc(N4CCCC4=O)cc3)ccc2c1. The van der Waals surface area contributed by atoms with Crippen molar-refractivity contribution >= 4 is 34.2 Å². The summed E-state index contributed by atoms with van der Waals surface area (Å²) in [7, 11) is 3.36. The Kier molecular flexibility index (Phi) is 6.58. The summed E-state index contributed by atoms with van der Waals surface area (Å²) < 4.78 is 5.26. The highest BCUT2D eigenvalue weighted by atomic mass is 16.5. The van der Waals surface area contributed by atoms with Crippen LogP contribution in [-0.2, 0) is 16.1 Å². The molecule has 1 heterocycles. The Balaban J connectivity index is 1.31. The highest BCUT2D eigenvalue weighted by molar-refractivity contribution is 5.98. The number of amides is 3. The fourth-order valence-electron chi connectivity index (χ4n) is 3.97. The number of carbonyl (C=O) groups is 3. The summed E-state index contributed by atoms with van der Waals surface area (Å²) in [4.78, 5) is 40.2. The fourth-order valence-corrected chi connectivity index (χ4v) is 3.97. The maximum Gasteiger partial charge on any atom is 0.251 e. The van der Waals surface area contributed by atoms with Crippen LogP contribution in [0.15, 0.2) is 60.7 Å². The second-order valence-corrected chi connectivity index (χ2v) is 8.18. The summed E-state index contributed by atoms with van der Waals surface area (Å²) in [5.74, 6) is 0.401. The van der Waals surface area contributed by atoms with Crippen molar-refractivity contribution in [3.8, 4) is 5.75 Å². The van der Waals surface area contributed by atoms with E-state index in [0.717, 1.165) is 34.2 Å². The van der Waals surface area contributed by atoms with Gasteiger partial charge < -0.3 is 19.9 Å². The first-order valence-corrected chi connectivity index (χ1v) is 10.9. The lowest BCUT2D eigenvalue weighted by Crippen LogP contribution is -2.37. The molecule has 1 saturated heterocycles. The highest BCUT2D eigenvalue weighted by Gasteiger charge is 2.21. The van der Waals surface area contributed by atoms with Gasteiger partial charge in [0.1, 0.15) is 5.75 Å². The van der Waals surface area contributed by atoms with E-state index >= 15 is 0 Å². The quantitative estimate of drug-likeness (QED) is 0.605. The van der Waals surface area contributed by atoms with Crippen LogP contribution in [0.2, 0.25) is 0 Å². The van der Waals surface area contributed by atoms with Gasteiger partial charge in [0.05, 0.1) is 13.7 Å². The lowest BCUT2D eigenvalue weighted by molar-refractivity contribution is -0.129. The maximum absolute atomic E-state index is 12.5. The summed E-state index contributed by atoms with van der Waals surface area (Å²) in [6.45, 7) is 1.05. The molecule has 170 valence electrons. The van der Waals surface area contributed by atoms with E-state index in [2.05, 4.69) is 5.32 Å². The fraction of sp³-hybridized carbons (Fsp3) is 0.269. The molecule has 1 N–H and O–H groups in total. The zero-order valence-corrected chi connectivity index (χ0v) is 18.8. The first-order valence-electron chi connectivity index (χ1n) is 10.9. The molecule has 1 aliphatic rings. The topological polar surface area (TPSA) is 79.0 Å². The number of ether oxygens (including phenoxy) is 1. The van der Waals surface area contributed by atoms with Crippen LogP contribution in [0.1, 0.15) is 28.8 Å². The second-order valence-electron chi connectivity index (χ2n) is 8.18. The van der Waals surface area contributed by atoms with Crippen LogP contribution >= 0.6 is 0 Å². The van der Waals surface area contributed by atoms with Crippen LogP contribution in [0, 0.1) is 0 Å². The minimum atomic E-state index is -0.323. The summed E-state index contributed by atoms with van der Waals surface area (Å²) in [5.41, 5.74) is 2.24. The average molecular weight is 446 g/mol. The van der Waals surface area contributed by atoms with Crippen LogP contribution < -0.4 is 15.0 Å². The van der Waals surface area contributed by atoms with Gasteiger partial charge in [-0.2, -0.15) is 0 Å². The number of nitrogens with one attached hydrogen (secondary N) is 1. The van der Waals surface area contributed by atoms with E-state index in [0.29, 0.717) is 25.1 Å². The van der Waals surface area contributed by atoms with Crippen LogP contribution in [0.3, 0.4) is 0 Å². The monoisotopic (exact) mass is 445 g/mol. The van der Waals surface area contributed by atoms with Crippen molar-refractivity contribution in [2.45, 2.75) is 19.4 Å². The molecule has 4 rings (SSSR count). The predicted molar refractivity (Wildman–Crippen MR) is 127 cm³/mol. The molecule has 3 aromatic carbocycles. The zero-order chi connectivity index (χ0) is 23.4. The third-order valence-corrected chi connectivity index (χ3v) is 5.87. The number of anilines is 1. The molecule has 0 atom stereocenters. The lowest BCUT2D eigenvalue weighted by atomic mass is 10.1. The Hall–Kier alpha value is -3.87. The Bertz CT molecular complexity index is 1190. The molecule has 33 heavy (non-hydrogen) atoms. The normalized spacial score (nSPS) is 13.3. The van der Waals surface area contributed by atoms with Crippen LogP contribution in [0.5, 0.6) is 5.75 Å². The minimum absolute atomic E-state index is 0.0908. The van der Waals surface area contributed by atoms with E-state index in [1.807, 2.05) is 36.4 Å². The van der Waals surface area contributed by atoms with E-state index in [4.69, 9.17) is 4.74 Å². The third-order valence-electron chi connectivity index (χ3n) is 5.87. The van der Waals surface area contributed by atoms with E-state index in [1.165, 1.54) is 0 Å². The number of methoxy groups -OCH3 is 1. The molecule has 7 nitrogen and oxygen atoms in total. The molecule has 0 aliphatic carbocycles. The molecular formula is C26H27N3O4. The molecule has 3 amide bonds. The van der Waals surface area contributed by atoms with Gasteiger partial charge in [0.15, 0.2) is 0 Å². The Morgan fingerprint density at radius 3 is 2.45 bits per heavy atom. The molecule has 1 aliphatic heterocycles. The number of carbonyl (C=O) groups excluding carboxylic acids is 3. The number of benzene rings is 3. The van der Waals surface area contributed by atoms with E-state index < -0.39 is 0 Å². The van der Waals surface area contributed by atoms with Gasteiger partial charge >= 0.3 is 0 Å². The number of hydrogen-bond donors (Lipinski definition) is 1. The van der Waals surface area contributed by atoms with Gasteiger partial charge in [-0.15, -0.1) is 0 Å². The molecule has 0 saturated carbocycles. The second kappa shape index (κ2) is 9.73. The van der Waals surface area contributed by atoms with Crippen molar-refractivity contribution in [3.05, 3.63) is 71.8 Å². The van der Waals surface area contributed by atoms with Crippen molar-refractivity contribution in [3.63, 3.8) is 0 Å². The zero-order valence-electron chi connectivity index (χ0n) is 18.8. The van der Waals surface area contributed by atoms with Gasteiger partial charge in [-0.05, 0) is 65.2 Å². The lowest BCUT2D eigenvalue weighted by Gasteiger charge is -2.18. The molecular weight excluding hydrogens is 418 g/mol. The molecule has 7 heteroatoms. The van der Waals surface area contributed by atoms with Crippen molar-refractivity contribution < 1.29 is 19.1 Å². The first kappa shape index (κ1) is 22.3. The summed E-state index contributed by atoms with van der Waals surface area (Å²) in [6, 6.07) is 18.8. The minimum Gasteiger partial charge on any atom is -0.497 e. The summed E-state index contributed by atoms with van der Waals surface area (Å²) in [5, 5.41) is 4.82. The smallest absolute Gasteiger partial charge is 0.251 e. The molecule has 0 aromatic heterocycles. The van der Waals surface area contributed by atoms with Gasteiger partial charge in [0.2, 0.25) is 11.8 Å². The number of likely N-dealkylation sites (N-methyl/N-ethyl adjacent to an activating group) is 1. The van der Waals surface area contributed by atoms with E-state index in [-0.39, 0.29) is 24.3 Å². The number of fused-ring (bicyclic) bond motifs is 1. The van der Waals surface area contributed by atoms with Crippen molar-refractivity contribution in [2.24, 2.45) is 0 Å². The van der Waals surface area contributed by atoms with E-state index in [9.17, 15) is 14.4 Å². The van der Waals surface area contributed by atoms with Crippen LogP contribution in [0.4, 0.5) is 5.69 Å². The Morgan fingerprint density at radius 2 is 1.76 bits per heavy atom. The average Bonchev–Trinajstić information content (AvgIpc) is 3.27. The van der Waals surface area contributed by atoms with Gasteiger partial charge in [-0.25, -0.2) is 0 Å². The Labute approximate surface area is 192 Å². The third kappa shape index (κ3) is 5.14. The standard InChI is InChI=1S/C26H27N3O4/c1-28(17-18-5-6-21-15-23(33-2)12-9-20(21)14-18)25(31)16-27-26(32)19-7-10-22(11-8-19)29-13-3-4-24(29)30/h5-12,14-15H,3-4,13,16-17H2,1-2H3,(H,27,32). The van der Waals surface area contributed by atoms with Gasteiger partial charge in [0, 0.05) is 37.8 Å². The van der Waals surface area contributed by atoms with Gasteiger partial charge in [0.25, 0.3) is 5.91 Å². The van der Waals surface area contributed by atoms with Crippen molar-refractivity contribution in [1.82, 2.24) is 10.2 Å². The van der Waals surface area contributed by atoms with Crippen LogP contribution in [0.25, 0.3) is 10.8 Å². The molecule has 0 spiro atoms. The van der Waals surface area contributed by atoms with Crippen molar-refractivity contribution in [2.75, 3.05) is 32.1 Å². The number of nitrogens with zero attached hydrogens (tertiary/aromatic N) is 2. The summed E-state index contributed by atoms with van der Waals surface area (Å²) >= 11 is 0. The summed E-state index contributed by atoms with van der Waals surface area (Å²) in [6.07, 6.45) is 1.41. The predicted octanol–water partition coefficient (Wildman–Crippen LogP) is 3.36. The van der Waals surface area contributed by atoms with Crippen molar-refractivity contribution in [1.29, 1.82) is 0 Å². The largest absolute Gasteiger partial charge is 0.497 e. The molecule has 0 unspecified atom stereocenters. The molecule has 3 aromatic rings. The van der Waals surface area contributed by atoms with Gasteiger partial charge in [-0.1, -0.05) is 18.2 Å². The van der Waals surface area contributed by atoms with Crippen LogP contribution in [-0.4, -0.2) is 49.9 Å². The molecule has 1 fully saturated rings. The molecule has 0 radical (unpaired) electrons. The van der Waals surface area contributed by atoms with Gasteiger partial charge in [-0.3, -0.25) is 14.4 Å². The highest BCUT2D eigenvalue weighted by Crippen LogP contribution is 2.23. The number of rotatable bonds is 7. The van der Waals surface area contributed by atoms with E-state index in [1.54, 1.807) is 48.2 Å². The molecule has 0 bridgehead atoms. The number of hydrogen-bond acceptors (Lipinski definition) is 4.